The van der Waals surface area contributed by atoms with Crippen LogP contribution in [0.25, 0.3) is 0 Å². The van der Waals surface area contributed by atoms with E-state index in [1.165, 1.54) is 5.56 Å². The summed E-state index contributed by atoms with van der Waals surface area (Å²) in [4.78, 5) is 0. The van der Waals surface area contributed by atoms with Crippen molar-refractivity contribution in [2.24, 2.45) is 5.92 Å². The molecule has 0 heterocycles. The van der Waals surface area contributed by atoms with E-state index < -0.39 is 0 Å². The number of hydrogen-bond donors (Lipinski definition) is 0. The van der Waals surface area contributed by atoms with Gasteiger partial charge in [0.25, 0.3) is 0 Å². The average molecular weight is 213 g/mol. The molecule has 1 aromatic rings. The molecule has 78 valence electrons. The Hall–Kier alpha value is -0.690. The zero-order chi connectivity index (χ0) is 10.7. The van der Waals surface area contributed by atoms with Crippen LogP contribution in [0.2, 0.25) is 5.02 Å². The minimum absolute atomic E-state index is 0.462. The van der Waals surface area contributed by atoms with Gasteiger partial charge in [0.05, 0.1) is 7.11 Å². The lowest BCUT2D eigenvalue weighted by Crippen LogP contribution is -2.04. The molecule has 0 spiro atoms. The van der Waals surface area contributed by atoms with Gasteiger partial charge in [0.1, 0.15) is 5.75 Å². The first-order valence-corrected chi connectivity index (χ1v) is 5.27. The maximum absolute atomic E-state index is 5.97. The highest BCUT2D eigenvalue weighted by molar-refractivity contribution is 6.30. The summed E-state index contributed by atoms with van der Waals surface area (Å²) in [6.07, 6.45) is 0. The fourth-order valence-corrected chi connectivity index (χ4v) is 1.60. The van der Waals surface area contributed by atoms with Crippen LogP contribution in [0.5, 0.6) is 5.75 Å². The van der Waals surface area contributed by atoms with Crippen LogP contribution >= 0.6 is 11.6 Å². The Labute approximate surface area is 91.0 Å². The summed E-state index contributed by atoms with van der Waals surface area (Å²) in [7, 11) is 1.69. The van der Waals surface area contributed by atoms with Gasteiger partial charge in [-0.1, -0.05) is 32.4 Å². The van der Waals surface area contributed by atoms with E-state index in [-0.39, 0.29) is 0 Å². The van der Waals surface area contributed by atoms with Gasteiger partial charge in [-0.15, -0.1) is 0 Å². The molecule has 0 bridgehead atoms. The van der Waals surface area contributed by atoms with E-state index in [0.29, 0.717) is 11.8 Å². The fraction of sp³-hybridized carbons (Fsp3) is 0.500. The van der Waals surface area contributed by atoms with Crippen LogP contribution in [-0.4, -0.2) is 7.11 Å². The Bertz CT molecular complexity index is 307. The third kappa shape index (κ3) is 2.42. The van der Waals surface area contributed by atoms with E-state index in [1.807, 2.05) is 18.2 Å². The summed E-state index contributed by atoms with van der Waals surface area (Å²) in [5.41, 5.74) is 1.19. The highest BCUT2D eigenvalue weighted by atomic mass is 35.5. The molecule has 0 unspecified atom stereocenters. The minimum Gasteiger partial charge on any atom is -0.496 e. The lowest BCUT2D eigenvalue weighted by molar-refractivity contribution is 0.399. The normalized spacial score (nSPS) is 13.0. The molecule has 14 heavy (non-hydrogen) atoms. The molecule has 0 saturated carbocycles. The average Bonchev–Trinajstić information content (AvgIpc) is 2.16. The molecule has 0 N–H and O–H groups in total. The van der Waals surface area contributed by atoms with E-state index in [2.05, 4.69) is 20.8 Å². The summed E-state index contributed by atoms with van der Waals surface area (Å²) in [5.74, 6) is 1.97. The highest BCUT2D eigenvalue weighted by Crippen LogP contribution is 2.33. The lowest BCUT2D eigenvalue weighted by atomic mass is 9.90. The van der Waals surface area contributed by atoms with Crippen LogP contribution < -0.4 is 4.74 Å². The van der Waals surface area contributed by atoms with Crippen LogP contribution in [-0.2, 0) is 0 Å². The number of rotatable bonds is 3. The van der Waals surface area contributed by atoms with E-state index in [1.54, 1.807) is 7.11 Å². The summed E-state index contributed by atoms with van der Waals surface area (Å²) >= 11 is 5.97. The van der Waals surface area contributed by atoms with Gasteiger partial charge in [-0.25, -0.2) is 0 Å². The van der Waals surface area contributed by atoms with E-state index >= 15 is 0 Å². The van der Waals surface area contributed by atoms with Crippen molar-refractivity contribution in [3.05, 3.63) is 28.8 Å². The van der Waals surface area contributed by atoms with Crippen molar-refractivity contribution in [2.75, 3.05) is 7.11 Å². The van der Waals surface area contributed by atoms with Crippen molar-refractivity contribution >= 4 is 11.6 Å². The van der Waals surface area contributed by atoms with Crippen LogP contribution in [0.1, 0.15) is 32.3 Å². The number of ether oxygens (including phenoxy) is 1. The molecule has 0 aliphatic carbocycles. The Morgan fingerprint density at radius 1 is 1.21 bits per heavy atom. The second-order valence-corrected chi connectivity index (χ2v) is 4.36. The standard InChI is InChI=1S/C12H17ClO/c1-8(2)9(3)11-7-10(13)5-6-12(11)14-4/h5-9H,1-4H3/t9-/m1/s1. The van der Waals surface area contributed by atoms with Crippen molar-refractivity contribution in [1.29, 1.82) is 0 Å². The topological polar surface area (TPSA) is 9.23 Å². The molecule has 0 fully saturated rings. The first-order valence-electron chi connectivity index (χ1n) is 4.89. The molecule has 1 rings (SSSR count). The Kier molecular flexibility index (Phi) is 3.82. The number of halogens is 1. The number of benzene rings is 1. The van der Waals surface area contributed by atoms with Crippen LogP contribution in [0.3, 0.4) is 0 Å². The zero-order valence-corrected chi connectivity index (χ0v) is 9.93. The van der Waals surface area contributed by atoms with Gasteiger partial charge in [0, 0.05) is 5.02 Å². The summed E-state index contributed by atoms with van der Waals surface area (Å²) < 4.78 is 5.31. The molecule has 1 atom stereocenters. The molecular formula is C12H17ClO. The molecule has 1 aromatic carbocycles. The second kappa shape index (κ2) is 4.70. The quantitative estimate of drug-likeness (QED) is 0.733. The SMILES string of the molecule is COc1ccc(Cl)cc1[C@H](C)C(C)C. The number of hydrogen-bond acceptors (Lipinski definition) is 1. The van der Waals surface area contributed by atoms with Crippen LogP contribution in [0.4, 0.5) is 0 Å². The highest BCUT2D eigenvalue weighted by Gasteiger charge is 2.14. The molecule has 1 nitrogen and oxygen atoms in total. The zero-order valence-electron chi connectivity index (χ0n) is 9.17. The first-order chi connectivity index (χ1) is 6.56. The summed E-state index contributed by atoms with van der Waals surface area (Å²) in [6.45, 7) is 6.59. The van der Waals surface area contributed by atoms with Crippen molar-refractivity contribution in [3.8, 4) is 5.75 Å². The molecule has 0 amide bonds. The van der Waals surface area contributed by atoms with Gasteiger partial charge < -0.3 is 4.74 Å². The molecule has 0 aromatic heterocycles. The molecule has 0 saturated heterocycles. The minimum atomic E-state index is 0.462. The van der Waals surface area contributed by atoms with Gasteiger partial charge in [0.2, 0.25) is 0 Å². The van der Waals surface area contributed by atoms with Gasteiger partial charge in [-0.05, 0) is 35.6 Å². The maximum Gasteiger partial charge on any atom is 0.122 e. The molecular weight excluding hydrogens is 196 g/mol. The first kappa shape index (κ1) is 11.4. The second-order valence-electron chi connectivity index (χ2n) is 3.92. The largest absolute Gasteiger partial charge is 0.496 e. The van der Waals surface area contributed by atoms with Crippen LogP contribution in [0, 0.1) is 5.92 Å². The van der Waals surface area contributed by atoms with Crippen LogP contribution in [0.15, 0.2) is 18.2 Å². The Morgan fingerprint density at radius 2 is 1.86 bits per heavy atom. The predicted molar refractivity (Wildman–Crippen MR) is 61.3 cm³/mol. The Morgan fingerprint density at radius 3 is 2.36 bits per heavy atom. The lowest BCUT2D eigenvalue weighted by Gasteiger charge is -2.19. The molecule has 0 radical (unpaired) electrons. The van der Waals surface area contributed by atoms with Crippen molar-refractivity contribution in [3.63, 3.8) is 0 Å². The van der Waals surface area contributed by atoms with Gasteiger partial charge >= 0.3 is 0 Å². The maximum atomic E-state index is 5.97. The third-order valence-corrected chi connectivity index (χ3v) is 2.92. The molecule has 0 aliphatic heterocycles. The van der Waals surface area contributed by atoms with E-state index in [4.69, 9.17) is 16.3 Å². The molecule has 0 aliphatic rings. The fourth-order valence-electron chi connectivity index (χ4n) is 1.42. The summed E-state index contributed by atoms with van der Waals surface area (Å²) in [6, 6.07) is 5.78. The van der Waals surface area contributed by atoms with Crippen molar-refractivity contribution in [1.82, 2.24) is 0 Å². The van der Waals surface area contributed by atoms with Gasteiger partial charge in [-0.3, -0.25) is 0 Å². The summed E-state index contributed by atoms with van der Waals surface area (Å²) in [5, 5.41) is 0.772. The Balaban J connectivity index is 3.10. The molecule has 2 heteroatoms. The van der Waals surface area contributed by atoms with Gasteiger partial charge in [-0.2, -0.15) is 0 Å². The van der Waals surface area contributed by atoms with Crippen molar-refractivity contribution in [2.45, 2.75) is 26.7 Å². The smallest absolute Gasteiger partial charge is 0.122 e. The number of methoxy groups -OCH3 is 1. The van der Waals surface area contributed by atoms with Gasteiger partial charge in [0.15, 0.2) is 0 Å². The van der Waals surface area contributed by atoms with E-state index in [0.717, 1.165) is 10.8 Å². The monoisotopic (exact) mass is 212 g/mol. The predicted octanol–water partition coefficient (Wildman–Crippen LogP) is 4.11. The van der Waals surface area contributed by atoms with Crippen molar-refractivity contribution < 1.29 is 4.74 Å². The third-order valence-electron chi connectivity index (χ3n) is 2.68. The van der Waals surface area contributed by atoms with E-state index in [9.17, 15) is 0 Å².